The standard InChI is InChI=1S/C11H22N2O/c1-4-5-9-6-10(9)12-7-11(14)13-8(2)3/h8-10,12H,4-7H2,1-3H3,(H,13,14). The van der Waals surface area contributed by atoms with Crippen LogP contribution in [0.15, 0.2) is 0 Å². The van der Waals surface area contributed by atoms with E-state index in [0.717, 1.165) is 5.92 Å². The Morgan fingerprint density at radius 2 is 2.21 bits per heavy atom. The monoisotopic (exact) mass is 198 g/mol. The van der Waals surface area contributed by atoms with Crippen molar-refractivity contribution in [2.24, 2.45) is 5.92 Å². The molecule has 1 aliphatic rings. The molecule has 0 saturated heterocycles. The van der Waals surface area contributed by atoms with Gasteiger partial charge in [-0.3, -0.25) is 4.79 Å². The first-order chi connectivity index (χ1) is 6.63. The molecule has 3 heteroatoms. The fourth-order valence-electron chi connectivity index (χ4n) is 1.78. The highest BCUT2D eigenvalue weighted by Crippen LogP contribution is 2.34. The van der Waals surface area contributed by atoms with Crippen LogP contribution in [0.3, 0.4) is 0 Å². The second kappa shape index (κ2) is 5.35. The van der Waals surface area contributed by atoms with Crippen LogP contribution in [0.25, 0.3) is 0 Å². The van der Waals surface area contributed by atoms with Crippen molar-refractivity contribution in [3.05, 3.63) is 0 Å². The Morgan fingerprint density at radius 3 is 2.79 bits per heavy atom. The first-order valence-electron chi connectivity index (χ1n) is 5.66. The molecule has 0 aliphatic heterocycles. The van der Waals surface area contributed by atoms with Crippen molar-refractivity contribution < 1.29 is 4.79 Å². The molecule has 0 aromatic carbocycles. The highest BCUT2D eigenvalue weighted by Gasteiger charge is 2.35. The fourth-order valence-corrected chi connectivity index (χ4v) is 1.78. The molecule has 14 heavy (non-hydrogen) atoms. The summed E-state index contributed by atoms with van der Waals surface area (Å²) in [6, 6.07) is 0.850. The summed E-state index contributed by atoms with van der Waals surface area (Å²) < 4.78 is 0. The first kappa shape index (κ1) is 11.5. The van der Waals surface area contributed by atoms with Gasteiger partial charge in [-0.2, -0.15) is 0 Å². The number of carbonyl (C=O) groups excluding carboxylic acids is 1. The van der Waals surface area contributed by atoms with E-state index in [1.165, 1.54) is 19.3 Å². The van der Waals surface area contributed by atoms with Gasteiger partial charge in [0, 0.05) is 12.1 Å². The van der Waals surface area contributed by atoms with Crippen LogP contribution in [0.2, 0.25) is 0 Å². The van der Waals surface area contributed by atoms with Gasteiger partial charge >= 0.3 is 0 Å². The average Bonchev–Trinajstić information content (AvgIpc) is 2.80. The third kappa shape index (κ3) is 4.09. The van der Waals surface area contributed by atoms with Crippen LogP contribution in [0.5, 0.6) is 0 Å². The van der Waals surface area contributed by atoms with Crippen molar-refractivity contribution in [3.8, 4) is 0 Å². The third-order valence-electron chi connectivity index (χ3n) is 2.56. The summed E-state index contributed by atoms with van der Waals surface area (Å²) in [5.41, 5.74) is 0. The first-order valence-corrected chi connectivity index (χ1v) is 5.66. The Kier molecular flexibility index (Phi) is 4.39. The van der Waals surface area contributed by atoms with E-state index in [1.807, 2.05) is 13.8 Å². The van der Waals surface area contributed by atoms with Crippen molar-refractivity contribution in [1.29, 1.82) is 0 Å². The van der Waals surface area contributed by atoms with E-state index in [-0.39, 0.29) is 11.9 Å². The number of hydrogen-bond acceptors (Lipinski definition) is 2. The highest BCUT2D eigenvalue weighted by atomic mass is 16.1. The van der Waals surface area contributed by atoms with Gasteiger partial charge < -0.3 is 10.6 Å². The zero-order chi connectivity index (χ0) is 10.6. The van der Waals surface area contributed by atoms with Gasteiger partial charge in [-0.1, -0.05) is 13.3 Å². The van der Waals surface area contributed by atoms with Gasteiger partial charge in [0.15, 0.2) is 0 Å². The van der Waals surface area contributed by atoms with Crippen LogP contribution in [0.1, 0.15) is 40.0 Å². The maximum atomic E-state index is 11.3. The van der Waals surface area contributed by atoms with Crippen molar-refractivity contribution >= 4 is 5.91 Å². The Bertz CT molecular complexity index is 192. The molecule has 1 fully saturated rings. The molecule has 2 N–H and O–H groups in total. The van der Waals surface area contributed by atoms with Gasteiger partial charge in [-0.25, -0.2) is 0 Å². The minimum atomic E-state index is 0.113. The minimum Gasteiger partial charge on any atom is -0.353 e. The largest absolute Gasteiger partial charge is 0.353 e. The Morgan fingerprint density at radius 1 is 1.50 bits per heavy atom. The Hall–Kier alpha value is -0.570. The van der Waals surface area contributed by atoms with Gasteiger partial charge in [0.2, 0.25) is 5.91 Å². The van der Waals surface area contributed by atoms with Crippen LogP contribution < -0.4 is 10.6 Å². The average molecular weight is 198 g/mol. The number of rotatable bonds is 6. The van der Waals surface area contributed by atoms with Crippen LogP contribution in [0.4, 0.5) is 0 Å². The lowest BCUT2D eigenvalue weighted by Crippen LogP contribution is -2.38. The van der Waals surface area contributed by atoms with Gasteiger partial charge in [0.1, 0.15) is 0 Å². The van der Waals surface area contributed by atoms with E-state index in [4.69, 9.17) is 0 Å². The zero-order valence-electron chi connectivity index (χ0n) is 9.47. The van der Waals surface area contributed by atoms with Crippen LogP contribution in [-0.2, 0) is 4.79 Å². The molecular formula is C11H22N2O. The molecule has 1 aliphatic carbocycles. The van der Waals surface area contributed by atoms with Crippen LogP contribution in [-0.4, -0.2) is 24.5 Å². The van der Waals surface area contributed by atoms with Crippen molar-refractivity contribution in [1.82, 2.24) is 10.6 Å². The summed E-state index contributed by atoms with van der Waals surface area (Å²) >= 11 is 0. The maximum Gasteiger partial charge on any atom is 0.234 e. The smallest absolute Gasteiger partial charge is 0.234 e. The normalized spacial score (nSPS) is 25.1. The zero-order valence-corrected chi connectivity index (χ0v) is 9.47. The summed E-state index contributed by atoms with van der Waals surface area (Å²) in [6.45, 7) is 6.65. The van der Waals surface area contributed by atoms with Gasteiger partial charge in [-0.05, 0) is 32.6 Å². The minimum absolute atomic E-state index is 0.113. The molecule has 3 nitrogen and oxygen atoms in total. The summed E-state index contributed by atoms with van der Waals surface area (Å²) in [7, 11) is 0. The predicted molar refractivity (Wildman–Crippen MR) is 58.1 cm³/mol. The van der Waals surface area contributed by atoms with Crippen molar-refractivity contribution in [2.45, 2.75) is 52.1 Å². The van der Waals surface area contributed by atoms with E-state index in [0.29, 0.717) is 12.6 Å². The van der Waals surface area contributed by atoms with E-state index < -0.39 is 0 Å². The summed E-state index contributed by atoms with van der Waals surface area (Å²) in [6.07, 6.45) is 3.80. The number of amides is 1. The lowest BCUT2D eigenvalue weighted by molar-refractivity contribution is -0.120. The Balaban J connectivity index is 2.02. The second-order valence-electron chi connectivity index (χ2n) is 4.49. The lowest BCUT2D eigenvalue weighted by Gasteiger charge is -2.08. The molecule has 0 heterocycles. The molecular weight excluding hydrogens is 176 g/mol. The van der Waals surface area contributed by atoms with Crippen molar-refractivity contribution in [2.75, 3.05) is 6.54 Å². The highest BCUT2D eigenvalue weighted by molar-refractivity contribution is 5.78. The Labute approximate surface area is 86.6 Å². The SMILES string of the molecule is CCCC1CC1NCC(=O)NC(C)C. The van der Waals surface area contributed by atoms with E-state index in [1.54, 1.807) is 0 Å². The number of carbonyl (C=O) groups is 1. The number of nitrogens with one attached hydrogen (secondary N) is 2. The molecule has 2 atom stereocenters. The van der Waals surface area contributed by atoms with Crippen molar-refractivity contribution in [3.63, 3.8) is 0 Å². The molecule has 82 valence electrons. The topological polar surface area (TPSA) is 41.1 Å². The van der Waals surface area contributed by atoms with E-state index >= 15 is 0 Å². The van der Waals surface area contributed by atoms with E-state index in [9.17, 15) is 4.79 Å². The molecule has 1 saturated carbocycles. The predicted octanol–water partition coefficient (Wildman–Crippen LogP) is 1.29. The summed E-state index contributed by atoms with van der Waals surface area (Å²) in [5.74, 6) is 0.939. The molecule has 2 unspecified atom stereocenters. The lowest BCUT2D eigenvalue weighted by atomic mass is 10.2. The molecule has 0 spiro atoms. The second-order valence-corrected chi connectivity index (χ2v) is 4.49. The van der Waals surface area contributed by atoms with Gasteiger partial charge in [0.05, 0.1) is 6.54 Å². The third-order valence-corrected chi connectivity index (χ3v) is 2.56. The summed E-state index contributed by atoms with van der Waals surface area (Å²) in [5, 5.41) is 6.16. The van der Waals surface area contributed by atoms with Gasteiger partial charge in [0.25, 0.3) is 0 Å². The molecule has 0 aromatic rings. The van der Waals surface area contributed by atoms with Crippen LogP contribution >= 0.6 is 0 Å². The van der Waals surface area contributed by atoms with Crippen LogP contribution in [0, 0.1) is 5.92 Å². The molecule has 1 amide bonds. The fraction of sp³-hybridized carbons (Fsp3) is 0.909. The number of hydrogen-bond donors (Lipinski definition) is 2. The quantitative estimate of drug-likeness (QED) is 0.675. The molecule has 0 radical (unpaired) electrons. The molecule has 0 bridgehead atoms. The summed E-state index contributed by atoms with van der Waals surface area (Å²) in [4.78, 5) is 11.3. The maximum absolute atomic E-state index is 11.3. The molecule has 0 aromatic heterocycles. The van der Waals surface area contributed by atoms with E-state index in [2.05, 4.69) is 17.6 Å². The van der Waals surface area contributed by atoms with Gasteiger partial charge in [-0.15, -0.1) is 0 Å². The molecule has 1 rings (SSSR count).